The number of anilines is 1. The Labute approximate surface area is 101 Å². The molecule has 2 rings (SSSR count). The molecule has 1 aliphatic heterocycles. The molecule has 1 aliphatic rings. The highest BCUT2D eigenvalue weighted by Gasteiger charge is 2.35. The largest absolute Gasteiger partial charge is 0.373 e. The van der Waals surface area contributed by atoms with Gasteiger partial charge in [-0.25, -0.2) is 0 Å². The fraction of sp³-hybridized carbons (Fsp3) is 0.385. The van der Waals surface area contributed by atoms with Gasteiger partial charge in [-0.2, -0.15) is 0 Å². The zero-order chi connectivity index (χ0) is 12.6. The summed E-state index contributed by atoms with van der Waals surface area (Å²) in [5, 5.41) is 3.12. The maximum absolute atomic E-state index is 11.7. The van der Waals surface area contributed by atoms with Crippen LogP contribution in [-0.4, -0.2) is 29.8 Å². The number of carbonyl (C=O) groups is 2. The van der Waals surface area contributed by atoms with Crippen LogP contribution in [0.3, 0.4) is 0 Å². The number of hydrogen-bond acceptors (Lipinski definition) is 3. The van der Waals surface area contributed by atoms with Crippen LogP contribution in [0, 0.1) is 13.8 Å². The first-order chi connectivity index (χ1) is 7.97. The molecule has 4 nitrogen and oxygen atoms in total. The molecule has 1 aromatic carbocycles. The van der Waals surface area contributed by atoms with E-state index in [4.69, 9.17) is 0 Å². The first-order valence-electron chi connectivity index (χ1n) is 5.62. The molecule has 90 valence electrons. The van der Waals surface area contributed by atoms with Gasteiger partial charge in [0.2, 0.25) is 5.91 Å². The van der Waals surface area contributed by atoms with E-state index in [-0.39, 0.29) is 18.2 Å². The van der Waals surface area contributed by atoms with Gasteiger partial charge >= 0.3 is 0 Å². The van der Waals surface area contributed by atoms with Gasteiger partial charge in [-0.05, 0) is 37.1 Å². The van der Waals surface area contributed by atoms with Crippen LogP contribution < -0.4 is 5.32 Å². The van der Waals surface area contributed by atoms with E-state index < -0.39 is 6.04 Å². The number of carbonyl (C=O) groups excluding carboxylic acids is 2. The van der Waals surface area contributed by atoms with Crippen LogP contribution in [0.2, 0.25) is 0 Å². The summed E-state index contributed by atoms with van der Waals surface area (Å²) in [4.78, 5) is 24.3. The fourth-order valence-corrected chi connectivity index (χ4v) is 2.13. The Balaban J connectivity index is 2.16. The minimum atomic E-state index is -0.423. The van der Waals surface area contributed by atoms with E-state index in [9.17, 15) is 9.59 Å². The third-order valence-electron chi connectivity index (χ3n) is 2.94. The lowest BCUT2D eigenvalue weighted by Crippen LogP contribution is -2.31. The van der Waals surface area contributed by atoms with Gasteiger partial charge in [0, 0.05) is 12.7 Å². The van der Waals surface area contributed by atoms with Crippen molar-refractivity contribution in [1.29, 1.82) is 0 Å². The van der Waals surface area contributed by atoms with Crippen molar-refractivity contribution in [2.24, 2.45) is 0 Å². The summed E-state index contributed by atoms with van der Waals surface area (Å²) < 4.78 is 0. The molecule has 0 bridgehead atoms. The number of hydrogen-bond donors (Lipinski definition) is 1. The second kappa shape index (κ2) is 4.20. The minimum absolute atomic E-state index is 0.128. The van der Waals surface area contributed by atoms with Crippen LogP contribution in [0.5, 0.6) is 0 Å². The van der Waals surface area contributed by atoms with E-state index in [0.717, 1.165) is 16.8 Å². The fourth-order valence-electron chi connectivity index (χ4n) is 2.13. The number of rotatable bonds is 2. The summed E-state index contributed by atoms with van der Waals surface area (Å²) in [5.74, 6) is -0.286. The van der Waals surface area contributed by atoms with E-state index in [2.05, 4.69) is 11.4 Å². The summed E-state index contributed by atoms with van der Waals surface area (Å²) >= 11 is 0. The highest BCUT2D eigenvalue weighted by atomic mass is 16.2. The van der Waals surface area contributed by atoms with Crippen molar-refractivity contribution >= 4 is 17.5 Å². The SMILES string of the molecule is Cc1cc(C)cc(N[C@H]2CC(=O)N(C)C2=O)c1. The number of aryl methyl sites for hydroxylation is 2. The number of nitrogens with one attached hydrogen (secondary N) is 1. The average molecular weight is 232 g/mol. The maximum atomic E-state index is 11.7. The van der Waals surface area contributed by atoms with Crippen LogP contribution in [-0.2, 0) is 9.59 Å². The van der Waals surface area contributed by atoms with Crippen molar-refractivity contribution in [2.45, 2.75) is 26.3 Å². The summed E-state index contributed by atoms with van der Waals surface area (Å²) in [6, 6.07) is 5.60. The molecule has 1 fully saturated rings. The summed E-state index contributed by atoms with van der Waals surface area (Å²) in [6.07, 6.45) is 0.238. The van der Waals surface area contributed by atoms with Gasteiger partial charge in [-0.1, -0.05) is 6.07 Å². The van der Waals surface area contributed by atoms with Gasteiger partial charge in [0.15, 0.2) is 0 Å². The van der Waals surface area contributed by atoms with Crippen LogP contribution in [0.4, 0.5) is 5.69 Å². The minimum Gasteiger partial charge on any atom is -0.373 e. The van der Waals surface area contributed by atoms with E-state index in [1.807, 2.05) is 26.0 Å². The van der Waals surface area contributed by atoms with Gasteiger partial charge < -0.3 is 5.32 Å². The highest BCUT2D eigenvalue weighted by molar-refractivity contribution is 6.06. The number of nitrogens with zero attached hydrogens (tertiary/aromatic N) is 1. The molecule has 4 heteroatoms. The molecule has 1 heterocycles. The van der Waals surface area contributed by atoms with Crippen LogP contribution in [0.1, 0.15) is 17.5 Å². The normalized spacial score (nSPS) is 19.9. The molecular weight excluding hydrogens is 216 g/mol. The molecule has 17 heavy (non-hydrogen) atoms. The van der Waals surface area contributed by atoms with Gasteiger partial charge in [0.05, 0.1) is 6.42 Å². The summed E-state index contributed by atoms with van der Waals surface area (Å²) in [6.45, 7) is 4.01. The van der Waals surface area contributed by atoms with Crippen LogP contribution >= 0.6 is 0 Å². The molecule has 0 saturated carbocycles. The molecule has 0 spiro atoms. The molecule has 1 atom stereocenters. The third-order valence-corrected chi connectivity index (χ3v) is 2.94. The lowest BCUT2D eigenvalue weighted by atomic mass is 10.1. The van der Waals surface area contributed by atoms with Crippen LogP contribution in [0.25, 0.3) is 0 Å². The molecule has 2 amide bonds. The highest BCUT2D eigenvalue weighted by Crippen LogP contribution is 2.19. The van der Waals surface area contributed by atoms with Crippen molar-refractivity contribution in [3.05, 3.63) is 29.3 Å². The molecule has 1 saturated heterocycles. The smallest absolute Gasteiger partial charge is 0.251 e. The topological polar surface area (TPSA) is 49.4 Å². The van der Waals surface area contributed by atoms with E-state index in [1.165, 1.54) is 11.9 Å². The van der Waals surface area contributed by atoms with Crippen molar-refractivity contribution in [3.63, 3.8) is 0 Å². The molecule has 0 radical (unpaired) electrons. The standard InChI is InChI=1S/C13H16N2O2/c1-8-4-9(2)6-10(5-8)14-11-7-12(16)15(3)13(11)17/h4-6,11,14H,7H2,1-3H3/t11-/m0/s1. The average Bonchev–Trinajstić information content (AvgIpc) is 2.45. The van der Waals surface area contributed by atoms with E-state index >= 15 is 0 Å². The third kappa shape index (κ3) is 2.30. The molecule has 0 aliphatic carbocycles. The van der Waals surface area contributed by atoms with E-state index in [0.29, 0.717) is 0 Å². The molecule has 1 N–H and O–H groups in total. The molecule has 1 aromatic rings. The Kier molecular flexibility index (Phi) is 2.88. The van der Waals surface area contributed by atoms with Gasteiger partial charge in [-0.15, -0.1) is 0 Å². The Morgan fingerprint density at radius 1 is 1.18 bits per heavy atom. The van der Waals surface area contributed by atoms with Gasteiger partial charge in [-0.3, -0.25) is 14.5 Å². The maximum Gasteiger partial charge on any atom is 0.251 e. The second-order valence-corrected chi connectivity index (χ2v) is 4.57. The second-order valence-electron chi connectivity index (χ2n) is 4.57. The van der Waals surface area contributed by atoms with E-state index in [1.54, 1.807) is 0 Å². The Morgan fingerprint density at radius 3 is 2.24 bits per heavy atom. The number of amides is 2. The van der Waals surface area contributed by atoms with Crippen molar-refractivity contribution < 1.29 is 9.59 Å². The Hall–Kier alpha value is -1.84. The van der Waals surface area contributed by atoms with Crippen molar-refractivity contribution in [1.82, 2.24) is 4.90 Å². The molecule has 0 aromatic heterocycles. The monoisotopic (exact) mass is 232 g/mol. The Bertz CT molecular complexity index is 462. The first-order valence-corrected chi connectivity index (χ1v) is 5.62. The quantitative estimate of drug-likeness (QED) is 0.786. The summed E-state index contributed by atoms with van der Waals surface area (Å²) in [7, 11) is 1.52. The van der Waals surface area contributed by atoms with Crippen molar-refractivity contribution in [3.8, 4) is 0 Å². The number of benzene rings is 1. The number of imide groups is 1. The molecular formula is C13H16N2O2. The predicted octanol–water partition coefficient (Wildman–Crippen LogP) is 1.47. The summed E-state index contributed by atoms with van der Waals surface area (Å²) in [5.41, 5.74) is 3.17. The first kappa shape index (κ1) is 11.6. The van der Waals surface area contributed by atoms with Crippen molar-refractivity contribution in [2.75, 3.05) is 12.4 Å². The van der Waals surface area contributed by atoms with Gasteiger partial charge in [0.25, 0.3) is 5.91 Å². The number of likely N-dealkylation sites (tertiary alicyclic amines) is 1. The zero-order valence-corrected chi connectivity index (χ0v) is 10.3. The molecule has 0 unspecified atom stereocenters. The number of likely N-dealkylation sites (N-methyl/N-ethyl adjacent to an activating group) is 1. The Morgan fingerprint density at radius 2 is 1.76 bits per heavy atom. The van der Waals surface area contributed by atoms with Crippen LogP contribution in [0.15, 0.2) is 18.2 Å². The zero-order valence-electron chi connectivity index (χ0n) is 10.3. The lowest BCUT2D eigenvalue weighted by molar-refractivity contribution is -0.136. The van der Waals surface area contributed by atoms with Gasteiger partial charge in [0.1, 0.15) is 6.04 Å². The lowest BCUT2D eigenvalue weighted by Gasteiger charge is -2.13. The predicted molar refractivity (Wildman–Crippen MR) is 65.7 cm³/mol.